The summed E-state index contributed by atoms with van der Waals surface area (Å²) >= 11 is 0. The monoisotopic (exact) mass is 233 g/mol. The van der Waals surface area contributed by atoms with Gasteiger partial charge < -0.3 is 5.32 Å². The molecule has 1 fully saturated rings. The van der Waals surface area contributed by atoms with E-state index < -0.39 is 6.17 Å². The molecule has 4 heteroatoms. The number of fused-ring (bicyclic) bond motifs is 1. The van der Waals surface area contributed by atoms with Crippen LogP contribution in [0.1, 0.15) is 23.5 Å². The van der Waals surface area contributed by atoms with Crippen LogP contribution >= 0.6 is 0 Å². The summed E-state index contributed by atoms with van der Waals surface area (Å²) < 4.78 is 14.0. The van der Waals surface area contributed by atoms with Crippen molar-refractivity contribution in [3.05, 3.63) is 29.5 Å². The number of nitrogens with zero attached hydrogens (tertiary/aromatic N) is 1. The molecule has 0 unspecified atom stereocenters. The number of rotatable bonds is 1. The summed E-state index contributed by atoms with van der Waals surface area (Å²) in [5.74, 6) is 0.0175. The van der Waals surface area contributed by atoms with Crippen LogP contribution < -0.4 is 5.32 Å². The van der Waals surface area contributed by atoms with E-state index in [4.69, 9.17) is 0 Å². The van der Waals surface area contributed by atoms with Crippen LogP contribution in [0.3, 0.4) is 0 Å². The average Bonchev–Trinajstić information content (AvgIpc) is 2.76. The normalized spacial score (nSPS) is 25.3. The second-order valence-electron chi connectivity index (χ2n) is 4.78. The molecular formula is C13H16FN3. The predicted molar refractivity (Wildman–Crippen MR) is 66.0 cm³/mol. The van der Waals surface area contributed by atoms with E-state index in [9.17, 15) is 4.39 Å². The van der Waals surface area contributed by atoms with E-state index in [0.29, 0.717) is 6.54 Å². The Morgan fingerprint density at radius 1 is 1.41 bits per heavy atom. The lowest BCUT2D eigenvalue weighted by Crippen LogP contribution is -2.36. The van der Waals surface area contributed by atoms with Gasteiger partial charge in [-0.25, -0.2) is 4.39 Å². The molecule has 2 heterocycles. The fourth-order valence-corrected chi connectivity index (χ4v) is 2.69. The van der Waals surface area contributed by atoms with Gasteiger partial charge in [-0.15, -0.1) is 0 Å². The van der Waals surface area contributed by atoms with E-state index >= 15 is 0 Å². The number of hydrogen-bond acceptors (Lipinski definition) is 2. The Morgan fingerprint density at radius 2 is 2.29 bits per heavy atom. The number of piperidine rings is 1. The molecule has 1 aromatic heterocycles. The highest BCUT2D eigenvalue weighted by Crippen LogP contribution is 2.32. The van der Waals surface area contributed by atoms with Gasteiger partial charge in [0, 0.05) is 17.8 Å². The molecule has 90 valence electrons. The van der Waals surface area contributed by atoms with Gasteiger partial charge >= 0.3 is 0 Å². The first-order chi connectivity index (χ1) is 8.25. The summed E-state index contributed by atoms with van der Waals surface area (Å²) in [7, 11) is 0. The number of alkyl halides is 1. The Labute approximate surface area is 99.4 Å². The van der Waals surface area contributed by atoms with E-state index in [2.05, 4.69) is 34.6 Å². The van der Waals surface area contributed by atoms with Crippen molar-refractivity contribution >= 4 is 10.9 Å². The van der Waals surface area contributed by atoms with E-state index in [0.717, 1.165) is 35.0 Å². The number of aromatic amines is 1. The van der Waals surface area contributed by atoms with Crippen molar-refractivity contribution in [1.82, 2.24) is 15.5 Å². The summed E-state index contributed by atoms with van der Waals surface area (Å²) in [6, 6.07) is 4.14. The highest BCUT2D eigenvalue weighted by Gasteiger charge is 2.27. The largest absolute Gasteiger partial charge is 0.314 e. The van der Waals surface area contributed by atoms with Gasteiger partial charge in [-0.2, -0.15) is 5.10 Å². The second kappa shape index (κ2) is 4.11. The predicted octanol–water partition coefficient (Wildman–Crippen LogP) is 2.29. The first-order valence-electron chi connectivity index (χ1n) is 6.04. The quantitative estimate of drug-likeness (QED) is 0.793. The van der Waals surface area contributed by atoms with Crippen LogP contribution in [0.25, 0.3) is 10.9 Å². The highest BCUT2D eigenvalue weighted by atomic mass is 19.1. The van der Waals surface area contributed by atoms with Crippen LogP contribution in [0.4, 0.5) is 4.39 Å². The molecule has 1 aliphatic rings. The number of aromatic nitrogens is 2. The van der Waals surface area contributed by atoms with Gasteiger partial charge in [0.05, 0.1) is 11.7 Å². The summed E-state index contributed by atoms with van der Waals surface area (Å²) in [6.45, 7) is 3.41. The fraction of sp³-hybridized carbons (Fsp3) is 0.462. The number of hydrogen-bond donors (Lipinski definition) is 2. The molecule has 0 bridgehead atoms. The van der Waals surface area contributed by atoms with Crippen LogP contribution in [0, 0.1) is 6.92 Å². The number of aryl methyl sites for hydroxylation is 1. The molecule has 0 aliphatic carbocycles. The van der Waals surface area contributed by atoms with Crippen molar-refractivity contribution in [3.63, 3.8) is 0 Å². The molecule has 1 aromatic carbocycles. The number of benzene rings is 1. The lowest BCUT2D eigenvalue weighted by atomic mass is 9.85. The van der Waals surface area contributed by atoms with Crippen molar-refractivity contribution in [3.8, 4) is 0 Å². The van der Waals surface area contributed by atoms with Gasteiger partial charge in [0.15, 0.2) is 0 Å². The molecule has 2 N–H and O–H groups in total. The molecule has 2 atom stereocenters. The van der Waals surface area contributed by atoms with E-state index in [1.807, 2.05) is 6.20 Å². The minimum absolute atomic E-state index is 0.0175. The lowest BCUT2D eigenvalue weighted by Gasteiger charge is -2.28. The Kier molecular flexibility index (Phi) is 2.59. The van der Waals surface area contributed by atoms with Crippen molar-refractivity contribution in [2.75, 3.05) is 13.1 Å². The van der Waals surface area contributed by atoms with Crippen LogP contribution in [0.15, 0.2) is 18.3 Å². The second-order valence-corrected chi connectivity index (χ2v) is 4.78. The molecule has 1 saturated heterocycles. The molecular weight excluding hydrogens is 217 g/mol. The van der Waals surface area contributed by atoms with Crippen molar-refractivity contribution < 1.29 is 4.39 Å². The summed E-state index contributed by atoms with van der Waals surface area (Å²) in [6.07, 6.45) is 1.88. The van der Waals surface area contributed by atoms with Gasteiger partial charge in [-0.1, -0.05) is 0 Å². The molecule has 0 amide bonds. The lowest BCUT2D eigenvalue weighted by molar-refractivity contribution is 0.231. The van der Waals surface area contributed by atoms with Crippen molar-refractivity contribution in [2.24, 2.45) is 0 Å². The maximum atomic E-state index is 14.0. The topological polar surface area (TPSA) is 40.7 Å². The third-order valence-corrected chi connectivity index (χ3v) is 3.63. The highest BCUT2D eigenvalue weighted by molar-refractivity contribution is 5.79. The van der Waals surface area contributed by atoms with Gasteiger partial charge in [-0.05, 0) is 43.1 Å². The standard InChI is InChI=1S/C13H16FN3/c1-8-4-9-6-16-17-13(9)5-11(8)10-2-3-15-7-12(10)14/h4-6,10,12,15H,2-3,7H2,1H3,(H,16,17)/t10-,12-/m1/s1. The van der Waals surface area contributed by atoms with E-state index in [1.165, 1.54) is 0 Å². The zero-order chi connectivity index (χ0) is 11.8. The summed E-state index contributed by atoms with van der Waals surface area (Å²) in [4.78, 5) is 0. The average molecular weight is 233 g/mol. The summed E-state index contributed by atoms with van der Waals surface area (Å²) in [5.41, 5.74) is 3.28. The maximum Gasteiger partial charge on any atom is 0.119 e. The van der Waals surface area contributed by atoms with Gasteiger partial charge in [0.1, 0.15) is 6.17 Å². The number of H-pyrrole nitrogens is 1. The molecule has 0 spiro atoms. The first-order valence-corrected chi connectivity index (χ1v) is 6.04. The molecule has 3 rings (SSSR count). The fourth-order valence-electron chi connectivity index (χ4n) is 2.69. The summed E-state index contributed by atoms with van der Waals surface area (Å²) in [5, 5.41) is 11.2. The molecule has 0 radical (unpaired) electrons. The third kappa shape index (κ3) is 1.82. The Balaban J connectivity index is 2.05. The molecule has 1 aliphatic heterocycles. The maximum absolute atomic E-state index is 14.0. The zero-order valence-corrected chi connectivity index (χ0v) is 9.83. The third-order valence-electron chi connectivity index (χ3n) is 3.63. The van der Waals surface area contributed by atoms with Crippen LogP contribution in [-0.4, -0.2) is 29.5 Å². The number of nitrogens with one attached hydrogen (secondary N) is 2. The number of halogens is 1. The van der Waals surface area contributed by atoms with Gasteiger partial charge in [-0.3, -0.25) is 5.10 Å². The minimum atomic E-state index is -0.789. The van der Waals surface area contributed by atoms with Gasteiger partial charge in [0.25, 0.3) is 0 Å². The molecule has 2 aromatic rings. The van der Waals surface area contributed by atoms with Crippen LogP contribution in [0.2, 0.25) is 0 Å². The van der Waals surface area contributed by atoms with Crippen molar-refractivity contribution in [2.45, 2.75) is 25.4 Å². The van der Waals surface area contributed by atoms with E-state index in [-0.39, 0.29) is 5.92 Å². The Bertz CT molecular complexity index is 534. The molecule has 17 heavy (non-hydrogen) atoms. The Morgan fingerprint density at radius 3 is 3.12 bits per heavy atom. The smallest absolute Gasteiger partial charge is 0.119 e. The van der Waals surface area contributed by atoms with Gasteiger partial charge in [0.2, 0.25) is 0 Å². The van der Waals surface area contributed by atoms with Crippen LogP contribution in [0.5, 0.6) is 0 Å². The first kappa shape index (κ1) is 10.7. The molecule has 0 saturated carbocycles. The van der Waals surface area contributed by atoms with Crippen LogP contribution in [-0.2, 0) is 0 Å². The Hall–Kier alpha value is -1.42. The SMILES string of the molecule is Cc1cc2cn[nH]c2cc1[C@H]1CCNC[C@H]1F. The zero-order valence-electron chi connectivity index (χ0n) is 9.83. The van der Waals surface area contributed by atoms with E-state index in [1.54, 1.807) is 0 Å². The minimum Gasteiger partial charge on any atom is -0.314 e. The molecule has 3 nitrogen and oxygen atoms in total. The van der Waals surface area contributed by atoms with Crippen molar-refractivity contribution in [1.29, 1.82) is 0 Å².